The van der Waals surface area contributed by atoms with E-state index in [9.17, 15) is 4.79 Å². The number of carbonyl (C=O) groups is 1. The number of rotatable bonds is 19. The Morgan fingerprint density at radius 1 is 0.720 bits per heavy atom. The van der Waals surface area contributed by atoms with Gasteiger partial charge in [0.15, 0.2) is 0 Å². The standard InChI is InChI=1S/C21H42O3.Ca.2H/c1-2-3-4-5-6-7-8-9-10-11-12-13-14-15-16-18-21(23)24-20-17-19-22;;;/h22H,2-20H2,1H3;;;/q;+2;2*-1. The van der Waals surface area contributed by atoms with Crippen LogP contribution in [0.15, 0.2) is 0 Å². The second kappa shape index (κ2) is 24.7. The van der Waals surface area contributed by atoms with Crippen LogP contribution in [0.1, 0.15) is 119 Å². The van der Waals surface area contributed by atoms with Gasteiger partial charge in [-0.15, -0.1) is 0 Å². The van der Waals surface area contributed by atoms with E-state index < -0.39 is 0 Å². The van der Waals surface area contributed by atoms with E-state index >= 15 is 0 Å². The zero-order valence-electron chi connectivity index (χ0n) is 18.9. The molecule has 0 fully saturated rings. The summed E-state index contributed by atoms with van der Waals surface area (Å²) in [5.41, 5.74) is 0. The molecule has 0 aromatic rings. The summed E-state index contributed by atoms with van der Waals surface area (Å²) in [5.74, 6) is -0.113. The Bertz CT molecular complexity index is 270. The monoisotopic (exact) mass is 384 g/mol. The van der Waals surface area contributed by atoms with Crippen LogP contribution >= 0.6 is 0 Å². The number of aliphatic hydroxyl groups excluding tert-OH is 1. The second-order valence-corrected chi connectivity index (χ2v) is 7.00. The van der Waals surface area contributed by atoms with Crippen LogP contribution < -0.4 is 0 Å². The molecule has 0 aliphatic rings. The molecule has 0 aliphatic heterocycles. The van der Waals surface area contributed by atoms with E-state index in [1.807, 2.05) is 0 Å². The second-order valence-electron chi connectivity index (χ2n) is 7.00. The predicted octanol–water partition coefficient (Wildman–Crippen LogP) is 6.02. The fourth-order valence-electron chi connectivity index (χ4n) is 2.96. The van der Waals surface area contributed by atoms with Gasteiger partial charge in [-0.2, -0.15) is 0 Å². The minimum Gasteiger partial charge on any atom is -1.00 e. The van der Waals surface area contributed by atoms with Crippen molar-refractivity contribution >= 4 is 43.7 Å². The first kappa shape index (κ1) is 27.9. The summed E-state index contributed by atoms with van der Waals surface area (Å²) < 4.78 is 5.00. The molecule has 148 valence electrons. The van der Waals surface area contributed by atoms with Crippen molar-refractivity contribution in [3.8, 4) is 0 Å². The zero-order chi connectivity index (χ0) is 17.7. The van der Waals surface area contributed by atoms with Crippen LogP contribution in [0.25, 0.3) is 0 Å². The third-order valence-corrected chi connectivity index (χ3v) is 4.55. The van der Waals surface area contributed by atoms with Crippen LogP contribution in [-0.4, -0.2) is 62.0 Å². The number of esters is 1. The van der Waals surface area contributed by atoms with E-state index in [-0.39, 0.29) is 53.2 Å². The van der Waals surface area contributed by atoms with Gasteiger partial charge in [-0.05, 0) is 6.42 Å². The minimum atomic E-state index is -0.113. The van der Waals surface area contributed by atoms with Crippen LogP contribution in [0.4, 0.5) is 0 Å². The fraction of sp³-hybridized carbons (Fsp3) is 0.952. The Hall–Kier alpha value is 0.690. The van der Waals surface area contributed by atoms with Crippen molar-refractivity contribution in [1.29, 1.82) is 0 Å². The molecule has 0 aromatic heterocycles. The number of aliphatic hydroxyl groups is 1. The number of unbranched alkanes of at least 4 members (excludes halogenated alkanes) is 14. The first-order valence-corrected chi connectivity index (χ1v) is 10.6. The topological polar surface area (TPSA) is 46.5 Å². The van der Waals surface area contributed by atoms with Crippen molar-refractivity contribution in [1.82, 2.24) is 0 Å². The van der Waals surface area contributed by atoms with Crippen molar-refractivity contribution < 1.29 is 17.5 Å². The van der Waals surface area contributed by atoms with Gasteiger partial charge in [-0.25, -0.2) is 0 Å². The van der Waals surface area contributed by atoms with Gasteiger partial charge in [0, 0.05) is 19.4 Å². The molecule has 0 saturated carbocycles. The summed E-state index contributed by atoms with van der Waals surface area (Å²) in [5, 5.41) is 8.60. The van der Waals surface area contributed by atoms with Crippen molar-refractivity contribution in [3.05, 3.63) is 0 Å². The summed E-state index contributed by atoms with van der Waals surface area (Å²) in [6.07, 6.45) is 21.1. The quantitative estimate of drug-likeness (QED) is 0.168. The van der Waals surface area contributed by atoms with E-state index in [0.717, 1.165) is 12.8 Å². The van der Waals surface area contributed by atoms with Crippen molar-refractivity contribution in [3.63, 3.8) is 0 Å². The summed E-state index contributed by atoms with van der Waals surface area (Å²) in [6, 6.07) is 0. The molecule has 0 atom stereocenters. The number of ether oxygens (including phenoxy) is 1. The molecule has 0 aliphatic carbocycles. The van der Waals surface area contributed by atoms with Gasteiger partial charge >= 0.3 is 43.7 Å². The molecule has 0 aromatic carbocycles. The van der Waals surface area contributed by atoms with Crippen molar-refractivity contribution in [2.75, 3.05) is 13.2 Å². The third kappa shape index (κ3) is 24.7. The molecular formula is C21H44CaO3. The van der Waals surface area contributed by atoms with Crippen LogP contribution in [0.5, 0.6) is 0 Å². The fourth-order valence-corrected chi connectivity index (χ4v) is 2.96. The molecule has 0 radical (unpaired) electrons. The summed E-state index contributed by atoms with van der Waals surface area (Å²) in [4.78, 5) is 11.3. The van der Waals surface area contributed by atoms with E-state index in [1.165, 1.54) is 83.5 Å². The molecule has 1 N–H and O–H groups in total. The molecule has 0 spiro atoms. The average molecular weight is 385 g/mol. The molecule has 0 unspecified atom stereocenters. The Balaban J connectivity index is -0.000000882. The van der Waals surface area contributed by atoms with E-state index in [1.54, 1.807) is 0 Å². The van der Waals surface area contributed by atoms with Gasteiger partial charge in [0.25, 0.3) is 0 Å². The van der Waals surface area contributed by atoms with E-state index in [2.05, 4.69) is 6.92 Å². The zero-order valence-corrected chi connectivity index (χ0v) is 19.1. The SMILES string of the molecule is CCCCCCCCCCCCCCCCCC(=O)OCCCO.[Ca+2].[H-].[H-]. The van der Waals surface area contributed by atoms with Crippen molar-refractivity contribution in [2.24, 2.45) is 0 Å². The Morgan fingerprint density at radius 2 is 1.12 bits per heavy atom. The smallest absolute Gasteiger partial charge is 1.00 e. The van der Waals surface area contributed by atoms with Crippen LogP contribution in [0.3, 0.4) is 0 Å². The number of hydrogen-bond donors (Lipinski definition) is 1. The largest absolute Gasteiger partial charge is 2.00 e. The third-order valence-electron chi connectivity index (χ3n) is 4.55. The van der Waals surface area contributed by atoms with Gasteiger partial charge in [-0.3, -0.25) is 4.79 Å². The Labute approximate surface area is 189 Å². The average Bonchev–Trinajstić information content (AvgIpc) is 2.58. The van der Waals surface area contributed by atoms with Crippen LogP contribution in [-0.2, 0) is 9.53 Å². The Morgan fingerprint density at radius 3 is 1.52 bits per heavy atom. The van der Waals surface area contributed by atoms with Gasteiger partial charge in [0.05, 0.1) is 6.61 Å². The predicted molar refractivity (Wildman–Crippen MR) is 110 cm³/mol. The molecule has 4 heteroatoms. The Kier molecular flexibility index (Phi) is 27.6. The first-order chi connectivity index (χ1) is 11.8. The molecule has 0 rings (SSSR count). The maximum atomic E-state index is 11.3. The molecule has 25 heavy (non-hydrogen) atoms. The molecular weight excluding hydrogens is 340 g/mol. The van der Waals surface area contributed by atoms with Gasteiger partial charge in [0.1, 0.15) is 0 Å². The normalized spacial score (nSPS) is 10.5. The van der Waals surface area contributed by atoms with E-state index in [4.69, 9.17) is 9.84 Å². The maximum Gasteiger partial charge on any atom is 2.00 e. The summed E-state index contributed by atoms with van der Waals surface area (Å²) in [7, 11) is 0. The summed E-state index contributed by atoms with van der Waals surface area (Å²) in [6.45, 7) is 2.72. The van der Waals surface area contributed by atoms with Crippen LogP contribution in [0, 0.1) is 0 Å². The maximum absolute atomic E-state index is 11.3. The van der Waals surface area contributed by atoms with Gasteiger partial charge in [-0.1, -0.05) is 96.8 Å². The molecule has 3 nitrogen and oxygen atoms in total. The van der Waals surface area contributed by atoms with Crippen LogP contribution in [0.2, 0.25) is 0 Å². The molecule has 0 amide bonds. The minimum absolute atomic E-state index is 0. The number of hydrogen-bond acceptors (Lipinski definition) is 3. The molecule has 0 saturated heterocycles. The summed E-state index contributed by atoms with van der Waals surface area (Å²) >= 11 is 0. The van der Waals surface area contributed by atoms with E-state index in [0.29, 0.717) is 19.4 Å². The van der Waals surface area contributed by atoms with Crippen molar-refractivity contribution in [2.45, 2.75) is 116 Å². The molecule has 0 bridgehead atoms. The number of carbonyl (C=O) groups excluding carboxylic acids is 1. The first-order valence-electron chi connectivity index (χ1n) is 10.6. The molecule has 0 heterocycles. The van der Waals surface area contributed by atoms with Gasteiger partial charge < -0.3 is 12.7 Å². The van der Waals surface area contributed by atoms with Gasteiger partial charge in [0.2, 0.25) is 0 Å².